The van der Waals surface area contributed by atoms with Crippen LogP contribution in [0.3, 0.4) is 0 Å². The zero-order chi connectivity index (χ0) is 24.7. The molecule has 1 atom stereocenters. The lowest BCUT2D eigenvalue weighted by Crippen LogP contribution is -2.37. The zero-order valence-electron chi connectivity index (χ0n) is 20.5. The number of allylic oxidation sites excluding steroid dienone is 2. The highest BCUT2D eigenvalue weighted by atomic mass is 16.5. The van der Waals surface area contributed by atoms with Crippen LogP contribution in [0.1, 0.15) is 61.1 Å². The first-order valence-corrected chi connectivity index (χ1v) is 12.0. The van der Waals surface area contributed by atoms with Crippen LogP contribution in [0.5, 0.6) is 5.75 Å². The number of carbonyl (C=O) groups excluding carboxylic acids is 2. The van der Waals surface area contributed by atoms with Crippen molar-refractivity contribution in [2.24, 2.45) is 5.41 Å². The third kappa shape index (κ3) is 4.34. The summed E-state index contributed by atoms with van der Waals surface area (Å²) in [6, 6.07) is 15.0. The summed E-state index contributed by atoms with van der Waals surface area (Å²) in [6.45, 7) is 8.75. The molecule has 7 nitrogen and oxygen atoms in total. The molecule has 0 saturated carbocycles. The molecule has 0 fully saturated rings. The predicted molar refractivity (Wildman–Crippen MR) is 136 cm³/mol. The van der Waals surface area contributed by atoms with E-state index >= 15 is 0 Å². The maximum Gasteiger partial charge on any atom is 0.261 e. The van der Waals surface area contributed by atoms with Gasteiger partial charge in [0.25, 0.3) is 5.91 Å². The Morgan fingerprint density at radius 1 is 1.20 bits per heavy atom. The van der Waals surface area contributed by atoms with E-state index in [-0.39, 0.29) is 23.1 Å². The monoisotopic (exact) mass is 470 g/mol. The number of carbonyl (C=O) groups is 2. The summed E-state index contributed by atoms with van der Waals surface area (Å²) in [5.41, 5.74) is 4.64. The van der Waals surface area contributed by atoms with Gasteiger partial charge in [-0.1, -0.05) is 43.7 Å². The molecule has 5 rings (SSSR count). The fourth-order valence-corrected chi connectivity index (χ4v) is 5.03. The van der Waals surface area contributed by atoms with Gasteiger partial charge in [0.1, 0.15) is 23.2 Å². The molecular formula is C28H30N4O3. The molecule has 0 radical (unpaired) electrons. The van der Waals surface area contributed by atoms with E-state index in [0.29, 0.717) is 30.1 Å². The fraction of sp³-hybridized carbons (Fsp3) is 0.321. The molecule has 35 heavy (non-hydrogen) atoms. The van der Waals surface area contributed by atoms with Crippen LogP contribution >= 0.6 is 0 Å². The number of Topliss-reactive ketones (excluding diaryl/α,β-unsaturated/α-hetero) is 1. The smallest absolute Gasteiger partial charge is 0.261 e. The molecule has 7 heteroatoms. The van der Waals surface area contributed by atoms with Crippen molar-refractivity contribution in [2.75, 3.05) is 17.2 Å². The number of amides is 1. The summed E-state index contributed by atoms with van der Waals surface area (Å²) in [7, 11) is 0. The number of ether oxygens (including phenoxy) is 1. The Morgan fingerprint density at radius 3 is 2.69 bits per heavy atom. The van der Waals surface area contributed by atoms with E-state index in [9.17, 15) is 9.59 Å². The number of aryl methyl sites for hydroxylation is 1. The van der Waals surface area contributed by atoms with Gasteiger partial charge in [-0.15, -0.1) is 0 Å². The Morgan fingerprint density at radius 2 is 1.97 bits per heavy atom. The lowest BCUT2D eigenvalue weighted by atomic mass is 9.73. The molecule has 0 bridgehead atoms. The van der Waals surface area contributed by atoms with Crippen LogP contribution in [-0.4, -0.2) is 28.1 Å². The van der Waals surface area contributed by atoms with Crippen molar-refractivity contribution in [3.05, 3.63) is 82.7 Å². The minimum Gasteiger partial charge on any atom is -0.494 e. The lowest BCUT2D eigenvalue weighted by Gasteiger charge is -2.39. The molecule has 3 aromatic rings. The van der Waals surface area contributed by atoms with Crippen LogP contribution in [0.2, 0.25) is 0 Å². The van der Waals surface area contributed by atoms with Crippen molar-refractivity contribution in [1.82, 2.24) is 9.78 Å². The van der Waals surface area contributed by atoms with E-state index in [2.05, 4.69) is 35.6 Å². The number of anilines is 2. The van der Waals surface area contributed by atoms with Crippen molar-refractivity contribution < 1.29 is 14.3 Å². The summed E-state index contributed by atoms with van der Waals surface area (Å²) in [5, 5.41) is 11.0. The molecule has 2 aliphatic rings. The minimum atomic E-state index is -0.378. The number of benzene rings is 2. The Kier molecular flexibility index (Phi) is 5.71. The molecule has 1 unspecified atom stereocenters. The maximum absolute atomic E-state index is 13.4. The van der Waals surface area contributed by atoms with Gasteiger partial charge in [0, 0.05) is 23.4 Å². The maximum atomic E-state index is 13.4. The standard InChI is InChI=1S/C28H30N4O3/c1-5-35-20-11-9-19(10-12-20)30-27(34)21-16-29-32-25(18-8-6-7-17(2)13-18)24-22(31-26(21)32)14-28(3,4)15-23(24)33/h6-13,16,25,31H,5,14-15H2,1-4H3,(H,30,34). The third-order valence-corrected chi connectivity index (χ3v) is 6.53. The van der Waals surface area contributed by atoms with Crippen LogP contribution in [0.4, 0.5) is 11.5 Å². The van der Waals surface area contributed by atoms with Crippen molar-refractivity contribution >= 4 is 23.2 Å². The number of ketones is 1. The first-order valence-electron chi connectivity index (χ1n) is 12.0. The summed E-state index contributed by atoms with van der Waals surface area (Å²) in [5.74, 6) is 1.21. The lowest BCUT2D eigenvalue weighted by molar-refractivity contribution is -0.118. The van der Waals surface area contributed by atoms with Crippen LogP contribution in [-0.2, 0) is 4.79 Å². The topological polar surface area (TPSA) is 85.2 Å². The first-order chi connectivity index (χ1) is 16.8. The summed E-state index contributed by atoms with van der Waals surface area (Å²) < 4.78 is 7.26. The number of hydrogen-bond donors (Lipinski definition) is 2. The molecule has 0 saturated heterocycles. The average molecular weight is 471 g/mol. The van der Waals surface area contributed by atoms with Crippen molar-refractivity contribution in [3.8, 4) is 5.75 Å². The van der Waals surface area contributed by atoms with Crippen LogP contribution in [0.25, 0.3) is 0 Å². The van der Waals surface area contributed by atoms with Gasteiger partial charge in [0.2, 0.25) is 0 Å². The predicted octanol–water partition coefficient (Wildman–Crippen LogP) is 5.50. The van der Waals surface area contributed by atoms with Gasteiger partial charge in [-0.2, -0.15) is 5.10 Å². The normalized spacial score (nSPS) is 18.4. The fourth-order valence-electron chi connectivity index (χ4n) is 5.03. The summed E-state index contributed by atoms with van der Waals surface area (Å²) >= 11 is 0. The quantitative estimate of drug-likeness (QED) is 0.514. The molecule has 1 aliphatic heterocycles. The molecule has 2 heterocycles. The molecule has 2 aromatic carbocycles. The molecule has 180 valence electrons. The number of nitrogens with one attached hydrogen (secondary N) is 2. The van der Waals surface area contributed by atoms with Gasteiger partial charge in [-0.3, -0.25) is 9.59 Å². The average Bonchev–Trinajstić information content (AvgIpc) is 3.22. The highest BCUT2D eigenvalue weighted by Crippen LogP contribution is 2.46. The van der Waals surface area contributed by atoms with Gasteiger partial charge in [0.05, 0.1) is 12.8 Å². The Hall–Kier alpha value is -3.87. The number of aromatic nitrogens is 2. The van der Waals surface area contributed by atoms with E-state index in [1.165, 1.54) is 0 Å². The van der Waals surface area contributed by atoms with Crippen molar-refractivity contribution in [3.63, 3.8) is 0 Å². The molecule has 0 spiro atoms. The van der Waals surface area contributed by atoms with E-state index < -0.39 is 0 Å². The second-order valence-electron chi connectivity index (χ2n) is 10.0. The third-order valence-electron chi connectivity index (χ3n) is 6.53. The number of fused-ring (bicyclic) bond motifs is 1. The second-order valence-corrected chi connectivity index (χ2v) is 10.0. The number of hydrogen-bond acceptors (Lipinski definition) is 5. The zero-order valence-corrected chi connectivity index (χ0v) is 20.5. The van der Waals surface area contributed by atoms with Crippen molar-refractivity contribution in [1.29, 1.82) is 0 Å². The summed E-state index contributed by atoms with van der Waals surface area (Å²) in [6.07, 6.45) is 2.78. The largest absolute Gasteiger partial charge is 0.494 e. The van der Waals surface area contributed by atoms with Crippen molar-refractivity contribution in [2.45, 2.75) is 46.6 Å². The van der Waals surface area contributed by atoms with E-state index in [1.807, 2.05) is 56.3 Å². The highest BCUT2D eigenvalue weighted by molar-refractivity contribution is 6.08. The van der Waals surface area contributed by atoms with Gasteiger partial charge in [0.15, 0.2) is 5.78 Å². The van der Waals surface area contributed by atoms with Crippen LogP contribution in [0, 0.1) is 12.3 Å². The first kappa shape index (κ1) is 22.9. The SMILES string of the molecule is CCOc1ccc(NC(=O)c2cnn3c2NC2=C(C(=O)CC(C)(C)C2)C3c2cccc(C)c2)cc1. The van der Waals surface area contributed by atoms with Gasteiger partial charge >= 0.3 is 0 Å². The Bertz CT molecular complexity index is 1330. The van der Waals surface area contributed by atoms with Crippen LogP contribution < -0.4 is 15.4 Å². The van der Waals surface area contributed by atoms with Gasteiger partial charge in [-0.05, 0) is 55.5 Å². The minimum absolute atomic E-state index is 0.122. The molecule has 1 amide bonds. The Balaban J connectivity index is 1.53. The van der Waals surface area contributed by atoms with Gasteiger partial charge < -0.3 is 15.4 Å². The van der Waals surface area contributed by atoms with E-state index in [4.69, 9.17) is 4.74 Å². The molecular weight excluding hydrogens is 440 g/mol. The molecule has 1 aliphatic carbocycles. The molecule has 2 N–H and O–H groups in total. The summed E-state index contributed by atoms with van der Waals surface area (Å²) in [4.78, 5) is 26.6. The van der Waals surface area contributed by atoms with Crippen LogP contribution in [0.15, 0.2) is 66.0 Å². The molecule has 1 aromatic heterocycles. The number of rotatable bonds is 5. The van der Waals surface area contributed by atoms with E-state index in [0.717, 1.165) is 34.6 Å². The highest BCUT2D eigenvalue weighted by Gasteiger charge is 2.42. The number of nitrogens with zero attached hydrogens (tertiary/aromatic N) is 2. The van der Waals surface area contributed by atoms with E-state index in [1.54, 1.807) is 10.9 Å². The van der Waals surface area contributed by atoms with Gasteiger partial charge in [-0.25, -0.2) is 4.68 Å². The second kappa shape index (κ2) is 8.73. The Labute approximate surface area is 205 Å².